The fourth-order valence-electron chi connectivity index (χ4n) is 2.68. The predicted molar refractivity (Wildman–Crippen MR) is 97.3 cm³/mol. The first-order valence-electron chi connectivity index (χ1n) is 8.16. The Morgan fingerprint density at radius 2 is 1.88 bits per heavy atom. The minimum absolute atomic E-state index is 0.0489. The number of carbonyl (C=O) groups excluding carboxylic acids is 1. The quantitative estimate of drug-likeness (QED) is 0.707. The van der Waals surface area contributed by atoms with Crippen molar-refractivity contribution in [3.63, 3.8) is 0 Å². The van der Waals surface area contributed by atoms with E-state index < -0.39 is 0 Å². The molecule has 0 aliphatic carbocycles. The molecule has 1 unspecified atom stereocenters. The number of ether oxygens (including phenoxy) is 1. The van der Waals surface area contributed by atoms with E-state index in [1.807, 2.05) is 6.07 Å². The maximum Gasteiger partial charge on any atom is 0.324 e. The Hall–Kier alpha value is -1.85. The zero-order valence-electron chi connectivity index (χ0n) is 14.7. The average molecular weight is 347 g/mol. The third-order valence-corrected chi connectivity index (χ3v) is 5.04. The Morgan fingerprint density at radius 3 is 2.46 bits per heavy atom. The van der Waals surface area contributed by atoms with Crippen molar-refractivity contribution >= 4 is 17.3 Å². The summed E-state index contributed by atoms with van der Waals surface area (Å²) in [5.41, 5.74) is 5.91. The van der Waals surface area contributed by atoms with Crippen molar-refractivity contribution in [3.8, 4) is 5.75 Å². The Bertz CT molecular complexity index is 661. The van der Waals surface area contributed by atoms with Crippen LogP contribution in [0.2, 0.25) is 0 Å². The topological polar surface area (TPSA) is 47.6 Å². The van der Waals surface area contributed by atoms with Gasteiger partial charge in [-0.25, -0.2) is 0 Å². The van der Waals surface area contributed by atoms with Gasteiger partial charge in [0, 0.05) is 18.3 Å². The molecule has 24 heavy (non-hydrogen) atoms. The first kappa shape index (κ1) is 18.5. The van der Waals surface area contributed by atoms with Crippen molar-refractivity contribution < 1.29 is 14.4 Å². The van der Waals surface area contributed by atoms with E-state index in [1.54, 1.807) is 18.4 Å². The van der Waals surface area contributed by atoms with Gasteiger partial charge in [-0.15, -0.1) is 11.3 Å². The van der Waals surface area contributed by atoms with Crippen LogP contribution >= 0.6 is 11.3 Å². The summed E-state index contributed by atoms with van der Waals surface area (Å²) in [7, 11) is 1.58. The molecule has 0 aliphatic heterocycles. The van der Waals surface area contributed by atoms with Gasteiger partial charge >= 0.3 is 5.97 Å². The molecule has 0 fully saturated rings. The number of hydroxylamine groups is 1. The van der Waals surface area contributed by atoms with E-state index in [0.717, 1.165) is 23.3 Å². The lowest BCUT2D eigenvalue weighted by atomic mass is 10.1. The lowest BCUT2D eigenvalue weighted by molar-refractivity contribution is -0.150. The summed E-state index contributed by atoms with van der Waals surface area (Å²) in [6.45, 7) is 6.22. The number of para-hydroxylation sites is 1. The minimum atomic E-state index is -0.244. The molecule has 0 radical (unpaired) electrons. The maximum atomic E-state index is 11.5. The molecule has 1 aromatic carbocycles. The van der Waals surface area contributed by atoms with E-state index in [2.05, 4.69) is 49.8 Å². The molecule has 1 aromatic heterocycles. The number of rotatable bonds is 8. The zero-order chi connectivity index (χ0) is 17.5. The van der Waals surface area contributed by atoms with Gasteiger partial charge in [-0.1, -0.05) is 18.2 Å². The largest absolute Gasteiger partial charge is 0.484 e. The van der Waals surface area contributed by atoms with Gasteiger partial charge in [0.25, 0.3) is 0 Å². The molecule has 0 spiro atoms. The molecular formula is C19H25NO3S. The third-order valence-electron chi connectivity index (χ3n) is 3.93. The van der Waals surface area contributed by atoms with Crippen molar-refractivity contribution in [2.75, 3.05) is 7.05 Å². The molecule has 0 bridgehead atoms. The normalized spacial score (nSPS) is 12.0. The predicted octanol–water partition coefficient (Wildman–Crippen LogP) is 4.64. The van der Waals surface area contributed by atoms with Crippen LogP contribution in [0, 0.1) is 20.8 Å². The van der Waals surface area contributed by atoms with Crippen LogP contribution in [0.1, 0.15) is 46.9 Å². The number of hydrogen-bond donors (Lipinski definition) is 1. The Balaban J connectivity index is 2.12. The molecule has 4 nitrogen and oxygen atoms in total. The van der Waals surface area contributed by atoms with Crippen molar-refractivity contribution in [3.05, 3.63) is 51.2 Å². The van der Waals surface area contributed by atoms with Gasteiger partial charge in [0.15, 0.2) is 0 Å². The second kappa shape index (κ2) is 8.85. The van der Waals surface area contributed by atoms with E-state index in [-0.39, 0.29) is 12.1 Å². The monoisotopic (exact) mass is 347 g/mol. The number of carbonyl (C=O) groups is 1. The summed E-state index contributed by atoms with van der Waals surface area (Å²) < 4.78 is 6.39. The van der Waals surface area contributed by atoms with Crippen molar-refractivity contribution in [1.82, 2.24) is 5.48 Å². The van der Waals surface area contributed by atoms with E-state index in [1.165, 1.54) is 10.4 Å². The van der Waals surface area contributed by atoms with Crippen molar-refractivity contribution in [2.24, 2.45) is 0 Å². The van der Waals surface area contributed by atoms with Gasteiger partial charge in [-0.2, -0.15) is 5.48 Å². The van der Waals surface area contributed by atoms with Crippen molar-refractivity contribution in [1.29, 1.82) is 0 Å². The number of hydrogen-bond acceptors (Lipinski definition) is 5. The fourth-order valence-corrected chi connectivity index (χ4v) is 3.67. The molecule has 1 atom stereocenters. The smallest absolute Gasteiger partial charge is 0.324 e. The van der Waals surface area contributed by atoms with E-state index in [9.17, 15) is 4.79 Å². The summed E-state index contributed by atoms with van der Waals surface area (Å²) in [5.74, 6) is 0.694. The SMILES string of the molecule is CNOC(=O)CCCC(Oc1c(C)cccc1C)c1sccc1C. The Kier molecular flexibility index (Phi) is 6.82. The number of benzene rings is 1. The van der Waals surface area contributed by atoms with Gasteiger partial charge in [0.1, 0.15) is 11.9 Å². The highest BCUT2D eigenvalue weighted by Gasteiger charge is 2.19. The highest BCUT2D eigenvalue weighted by molar-refractivity contribution is 7.10. The molecule has 2 rings (SSSR count). The first-order chi connectivity index (χ1) is 11.5. The van der Waals surface area contributed by atoms with Gasteiger partial charge in [0.2, 0.25) is 0 Å². The van der Waals surface area contributed by atoms with Crippen LogP contribution in [-0.4, -0.2) is 13.0 Å². The summed E-state index contributed by atoms with van der Waals surface area (Å²) >= 11 is 1.70. The maximum absolute atomic E-state index is 11.5. The average Bonchev–Trinajstić information content (AvgIpc) is 2.95. The molecule has 5 heteroatoms. The molecule has 0 amide bonds. The Morgan fingerprint density at radius 1 is 1.17 bits per heavy atom. The molecule has 0 aliphatic rings. The van der Waals surface area contributed by atoms with Crippen LogP contribution in [0.3, 0.4) is 0 Å². The van der Waals surface area contributed by atoms with Crippen LogP contribution in [0.15, 0.2) is 29.6 Å². The van der Waals surface area contributed by atoms with Crippen LogP contribution in [0.25, 0.3) is 0 Å². The summed E-state index contributed by atoms with van der Waals surface area (Å²) in [5, 5.41) is 2.08. The highest BCUT2D eigenvalue weighted by atomic mass is 32.1. The van der Waals surface area contributed by atoms with Gasteiger partial charge in [-0.05, 0) is 61.7 Å². The van der Waals surface area contributed by atoms with E-state index >= 15 is 0 Å². The molecule has 2 aromatic rings. The van der Waals surface area contributed by atoms with Crippen molar-refractivity contribution in [2.45, 2.75) is 46.1 Å². The second-order valence-electron chi connectivity index (χ2n) is 5.87. The molecule has 1 N–H and O–H groups in total. The standard InChI is InChI=1S/C19H25NO3S/c1-13-7-5-8-14(2)18(13)22-16(19-15(3)11-12-24-19)9-6-10-17(21)23-20-4/h5,7-8,11-12,16,20H,6,9-10H2,1-4H3. The number of thiophene rings is 1. The number of nitrogens with one attached hydrogen (secondary N) is 1. The summed E-state index contributed by atoms with van der Waals surface area (Å²) in [4.78, 5) is 17.5. The second-order valence-corrected chi connectivity index (χ2v) is 6.81. The minimum Gasteiger partial charge on any atom is -0.484 e. The van der Waals surface area contributed by atoms with Gasteiger partial charge in [0.05, 0.1) is 0 Å². The molecule has 0 saturated carbocycles. The van der Waals surface area contributed by atoms with E-state index in [0.29, 0.717) is 12.8 Å². The van der Waals surface area contributed by atoms with Crippen LogP contribution in [-0.2, 0) is 9.63 Å². The van der Waals surface area contributed by atoms with Crippen LogP contribution in [0.5, 0.6) is 5.75 Å². The third kappa shape index (κ3) is 4.82. The lowest BCUT2D eigenvalue weighted by Gasteiger charge is -2.21. The molecule has 130 valence electrons. The molecule has 0 saturated heterocycles. The fraction of sp³-hybridized carbons (Fsp3) is 0.421. The first-order valence-corrected chi connectivity index (χ1v) is 9.04. The molecular weight excluding hydrogens is 322 g/mol. The number of aryl methyl sites for hydroxylation is 3. The van der Waals surface area contributed by atoms with Crippen LogP contribution < -0.4 is 10.2 Å². The molecule has 1 heterocycles. The summed E-state index contributed by atoms with van der Waals surface area (Å²) in [6, 6.07) is 8.27. The van der Waals surface area contributed by atoms with E-state index in [4.69, 9.17) is 9.57 Å². The Labute approximate surface area is 147 Å². The lowest BCUT2D eigenvalue weighted by Crippen LogP contribution is -2.15. The van der Waals surface area contributed by atoms with Crippen LogP contribution in [0.4, 0.5) is 0 Å². The summed E-state index contributed by atoms with van der Waals surface area (Å²) in [6.07, 6.45) is 1.81. The highest BCUT2D eigenvalue weighted by Crippen LogP contribution is 2.35. The van der Waals surface area contributed by atoms with Gasteiger partial charge < -0.3 is 9.57 Å². The zero-order valence-corrected chi connectivity index (χ0v) is 15.5. The van der Waals surface area contributed by atoms with Gasteiger partial charge in [-0.3, -0.25) is 4.79 Å².